The number of carbonyl (C=O) groups is 1. The molecule has 1 unspecified atom stereocenters. The van der Waals surface area contributed by atoms with Crippen molar-refractivity contribution in [2.75, 3.05) is 31.2 Å². The number of anilines is 2. The van der Waals surface area contributed by atoms with E-state index in [2.05, 4.69) is 10.2 Å². The molecule has 2 heterocycles. The van der Waals surface area contributed by atoms with Gasteiger partial charge in [0, 0.05) is 43.6 Å². The quantitative estimate of drug-likeness (QED) is 0.797. The van der Waals surface area contributed by atoms with Crippen LogP contribution in [0.15, 0.2) is 18.2 Å². The Balaban J connectivity index is 1.76. The summed E-state index contributed by atoms with van der Waals surface area (Å²) >= 11 is 0. The van der Waals surface area contributed by atoms with Gasteiger partial charge in [0.1, 0.15) is 0 Å². The predicted molar refractivity (Wildman–Crippen MR) is 78.6 cm³/mol. The molecule has 0 bridgehead atoms. The highest BCUT2D eigenvalue weighted by Gasteiger charge is 2.34. The van der Waals surface area contributed by atoms with Crippen LogP contribution in [0.1, 0.15) is 18.4 Å². The summed E-state index contributed by atoms with van der Waals surface area (Å²) in [5, 5.41) is 2.98. The molecule has 0 radical (unpaired) electrons. The van der Waals surface area contributed by atoms with E-state index in [1.165, 1.54) is 0 Å². The molecule has 1 amide bonds. The second-order valence-corrected chi connectivity index (χ2v) is 5.55. The van der Waals surface area contributed by atoms with Crippen molar-refractivity contribution in [1.29, 1.82) is 0 Å². The maximum atomic E-state index is 12.3. The number of hydrogen-bond donors (Lipinski definition) is 2. The molecular formula is C15H21N3O2. The van der Waals surface area contributed by atoms with Gasteiger partial charge >= 0.3 is 0 Å². The second kappa shape index (κ2) is 5.42. The summed E-state index contributed by atoms with van der Waals surface area (Å²) in [5.74, 6) is 0.0824. The van der Waals surface area contributed by atoms with E-state index in [1.807, 2.05) is 18.2 Å². The second-order valence-electron chi connectivity index (χ2n) is 5.55. The van der Waals surface area contributed by atoms with Crippen molar-refractivity contribution < 1.29 is 9.53 Å². The summed E-state index contributed by atoms with van der Waals surface area (Å²) in [7, 11) is 1.75. The Bertz CT molecular complexity index is 510. The van der Waals surface area contributed by atoms with Crippen LogP contribution in [0.5, 0.6) is 0 Å². The SMILES string of the molecule is COC1CCN(C2Cc3c(N)cccc3NC2=O)CC1. The minimum Gasteiger partial charge on any atom is -0.398 e. The van der Waals surface area contributed by atoms with Crippen LogP contribution in [0.2, 0.25) is 0 Å². The zero-order chi connectivity index (χ0) is 14.1. The Morgan fingerprint density at radius 2 is 2.10 bits per heavy atom. The lowest BCUT2D eigenvalue weighted by Crippen LogP contribution is -2.51. The molecule has 2 aliphatic heterocycles. The maximum absolute atomic E-state index is 12.3. The van der Waals surface area contributed by atoms with Gasteiger partial charge in [0.2, 0.25) is 5.91 Å². The maximum Gasteiger partial charge on any atom is 0.242 e. The van der Waals surface area contributed by atoms with Crippen LogP contribution in [0.3, 0.4) is 0 Å². The van der Waals surface area contributed by atoms with E-state index >= 15 is 0 Å². The molecule has 3 N–H and O–H groups in total. The van der Waals surface area contributed by atoms with Crippen LogP contribution in [0, 0.1) is 0 Å². The molecule has 1 aromatic rings. The summed E-state index contributed by atoms with van der Waals surface area (Å²) in [5.41, 5.74) is 8.72. The minimum absolute atomic E-state index is 0.0824. The fraction of sp³-hybridized carbons (Fsp3) is 0.533. The lowest BCUT2D eigenvalue weighted by molar-refractivity contribution is -0.122. The molecule has 2 aliphatic rings. The van der Waals surface area contributed by atoms with Crippen molar-refractivity contribution in [3.8, 4) is 0 Å². The highest BCUT2D eigenvalue weighted by Crippen LogP contribution is 2.30. The van der Waals surface area contributed by atoms with Crippen molar-refractivity contribution >= 4 is 17.3 Å². The van der Waals surface area contributed by atoms with Gasteiger partial charge in [-0.2, -0.15) is 0 Å². The number of nitrogens with one attached hydrogen (secondary N) is 1. The van der Waals surface area contributed by atoms with Crippen molar-refractivity contribution in [3.05, 3.63) is 23.8 Å². The lowest BCUT2D eigenvalue weighted by atomic mass is 9.94. The van der Waals surface area contributed by atoms with Gasteiger partial charge < -0.3 is 15.8 Å². The summed E-state index contributed by atoms with van der Waals surface area (Å²) in [6.45, 7) is 1.80. The Morgan fingerprint density at radius 3 is 2.80 bits per heavy atom. The zero-order valence-electron chi connectivity index (χ0n) is 11.8. The smallest absolute Gasteiger partial charge is 0.242 e. The first-order valence-corrected chi connectivity index (χ1v) is 7.14. The van der Waals surface area contributed by atoms with Crippen LogP contribution < -0.4 is 11.1 Å². The lowest BCUT2D eigenvalue weighted by Gasteiger charge is -2.38. The van der Waals surface area contributed by atoms with Crippen molar-refractivity contribution in [2.24, 2.45) is 0 Å². The van der Waals surface area contributed by atoms with Crippen LogP contribution in [-0.2, 0) is 16.0 Å². The standard InChI is InChI=1S/C15H21N3O2/c1-20-10-5-7-18(8-6-10)14-9-11-12(16)3-2-4-13(11)17-15(14)19/h2-4,10,14H,5-9,16H2,1H3,(H,17,19). The van der Waals surface area contributed by atoms with Crippen molar-refractivity contribution in [2.45, 2.75) is 31.4 Å². The molecule has 1 aromatic carbocycles. The molecule has 1 fully saturated rings. The molecule has 5 nitrogen and oxygen atoms in total. The van der Waals surface area contributed by atoms with Crippen LogP contribution in [-0.4, -0.2) is 43.2 Å². The fourth-order valence-corrected chi connectivity index (χ4v) is 3.17. The molecule has 5 heteroatoms. The zero-order valence-corrected chi connectivity index (χ0v) is 11.8. The van der Waals surface area contributed by atoms with Crippen LogP contribution >= 0.6 is 0 Å². The summed E-state index contributed by atoms with van der Waals surface area (Å²) < 4.78 is 5.38. The third-order valence-corrected chi connectivity index (χ3v) is 4.42. The number of fused-ring (bicyclic) bond motifs is 1. The molecule has 20 heavy (non-hydrogen) atoms. The Kier molecular flexibility index (Phi) is 3.63. The van der Waals surface area contributed by atoms with Gasteiger partial charge in [-0.15, -0.1) is 0 Å². The first kappa shape index (κ1) is 13.4. The number of rotatable bonds is 2. The highest BCUT2D eigenvalue weighted by atomic mass is 16.5. The van der Waals surface area contributed by atoms with E-state index in [-0.39, 0.29) is 11.9 Å². The average Bonchev–Trinajstić information content (AvgIpc) is 2.47. The first-order chi connectivity index (χ1) is 9.69. The van der Waals surface area contributed by atoms with Crippen molar-refractivity contribution in [3.63, 3.8) is 0 Å². The van der Waals surface area contributed by atoms with Gasteiger partial charge in [0.05, 0.1) is 12.1 Å². The fourth-order valence-electron chi connectivity index (χ4n) is 3.17. The molecule has 0 aliphatic carbocycles. The highest BCUT2D eigenvalue weighted by molar-refractivity contribution is 5.99. The van der Waals surface area contributed by atoms with E-state index in [4.69, 9.17) is 10.5 Å². The first-order valence-electron chi connectivity index (χ1n) is 7.14. The average molecular weight is 275 g/mol. The van der Waals surface area contributed by atoms with Gasteiger partial charge in [-0.25, -0.2) is 0 Å². The number of benzene rings is 1. The van der Waals surface area contributed by atoms with E-state index in [1.54, 1.807) is 7.11 Å². The van der Waals surface area contributed by atoms with E-state index in [9.17, 15) is 4.79 Å². The molecule has 1 atom stereocenters. The number of amides is 1. The summed E-state index contributed by atoms with van der Waals surface area (Å²) in [4.78, 5) is 14.5. The largest absolute Gasteiger partial charge is 0.398 e. The third kappa shape index (κ3) is 2.39. The van der Waals surface area contributed by atoms with E-state index in [0.717, 1.165) is 42.9 Å². The van der Waals surface area contributed by atoms with Gasteiger partial charge in [0.15, 0.2) is 0 Å². The number of likely N-dealkylation sites (tertiary alicyclic amines) is 1. The van der Waals surface area contributed by atoms with E-state index < -0.39 is 0 Å². The number of piperidine rings is 1. The van der Waals surface area contributed by atoms with Gasteiger partial charge in [-0.05, 0) is 25.0 Å². The number of methoxy groups -OCH3 is 1. The number of carbonyl (C=O) groups excluding carboxylic acids is 1. The molecular weight excluding hydrogens is 254 g/mol. The third-order valence-electron chi connectivity index (χ3n) is 4.42. The number of hydrogen-bond acceptors (Lipinski definition) is 4. The number of nitrogens with zero attached hydrogens (tertiary/aromatic N) is 1. The minimum atomic E-state index is -0.106. The molecule has 0 spiro atoms. The topological polar surface area (TPSA) is 67.6 Å². The van der Waals surface area contributed by atoms with E-state index in [0.29, 0.717) is 12.5 Å². The van der Waals surface area contributed by atoms with Crippen LogP contribution in [0.25, 0.3) is 0 Å². The van der Waals surface area contributed by atoms with Crippen molar-refractivity contribution in [1.82, 2.24) is 4.90 Å². The molecule has 108 valence electrons. The normalized spacial score (nSPS) is 24.2. The Hall–Kier alpha value is -1.59. The molecule has 0 aromatic heterocycles. The van der Waals surface area contributed by atoms with Gasteiger partial charge in [-0.3, -0.25) is 9.69 Å². The van der Waals surface area contributed by atoms with Crippen LogP contribution in [0.4, 0.5) is 11.4 Å². The summed E-state index contributed by atoms with van der Waals surface area (Å²) in [6.07, 6.45) is 3.00. The number of nitrogen functional groups attached to an aromatic ring is 1. The predicted octanol–water partition coefficient (Wildman–Crippen LogP) is 1.24. The monoisotopic (exact) mass is 275 g/mol. The number of ether oxygens (including phenoxy) is 1. The number of nitrogens with two attached hydrogens (primary N) is 1. The molecule has 0 saturated carbocycles. The van der Waals surface area contributed by atoms with Gasteiger partial charge in [0.25, 0.3) is 0 Å². The summed E-state index contributed by atoms with van der Waals surface area (Å²) in [6, 6.07) is 5.57. The Labute approximate surface area is 119 Å². The molecule has 3 rings (SSSR count). The Morgan fingerprint density at radius 1 is 1.35 bits per heavy atom. The molecule has 1 saturated heterocycles. The van der Waals surface area contributed by atoms with Gasteiger partial charge in [-0.1, -0.05) is 6.07 Å².